The quantitative estimate of drug-likeness (QED) is 0.336. The average molecular weight is 221 g/mol. The predicted octanol–water partition coefficient (Wildman–Crippen LogP) is 2.26. The fourth-order valence-electron chi connectivity index (χ4n) is 1.30. The summed E-state index contributed by atoms with van der Waals surface area (Å²) in [7, 11) is 0. The van der Waals surface area contributed by atoms with Crippen LogP contribution < -0.4 is 0 Å². The van der Waals surface area contributed by atoms with Gasteiger partial charge in [-0.3, -0.25) is 10.1 Å². The van der Waals surface area contributed by atoms with Gasteiger partial charge in [0.1, 0.15) is 11.4 Å². The molecule has 0 fully saturated rings. The largest absolute Gasteiger partial charge is 0.271 e. The summed E-state index contributed by atoms with van der Waals surface area (Å²) in [5, 5.41) is 12.2. The Labute approximate surface area is 89.7 Å². The van der Waals surface area contributed by atoms with E-state index in [-0.39, 0.29) is 5.69 Å². The summed E-state index contributed by atoms with van der Waals surface area (Å²) < 4.78 is 0. The average Bonchev–Trinajstić information content (AvgIpc) is 2.27. The van der Waals surface area contributed by atoms with E-state index in [0.29, 0.717) is 5.52 Å². The normalized spacial score (nSPS) is 10.5. The van der Waals surface area contributed by atoms with Crippen molar-refractivity contribution in [2.24, 2.45) is 0 Å². The van der Waals surface area contributed by atoms with Gasteiger partial charge in [0.05, 0.1) is 10.4 Å². The van der Waals surface area contributed by atoms with Crippen LogP contribution in [0.1, 0.15) is 0 Å². The van der Waals surface area contributed by atoms with E-state index in [4.69, 9.17) is 0 Å². The topological polar surface area (TPSA) is 68.9 Å². The minimum atomic E-state index is -0.430. The van der Waals surface area contributed by atoms with Crippen LogP contribution in [0.25, 0.3) is 10.9 Å². The molecule has 0 saturated carbocycles. The van der Waals surface area contributed by atoms with Gasteiger partial charge in [-0.2, -0.15) is 0 Å². The maximum Gasteiger partial charge on any atom is 0.271 e. The van der Waals surface area contributed by atoms with Crippen LogP contribution in [0.3, 0.4) is 0 Å². The number of aromatic nitrogens is 2. The number of nitro groups is 1. The molecule has 1 heterocycles. The Bertz CT molecular complexity index is 530. The summed E-state index contributed by atoms with van der Waals surface area (Å²) in [5.41, 5.74) is 0.650. The third-order valence-electron chi connectivity index (χ3n) is 1.99. The van der Waals surface area contributed by atoms with Gasteiger partial charge >= 0.3 is 0 Å². The van der Waals surface area contributed by atoms with Crippen LogP contribution in [-0.4, -0.2) is 21.1 Å². The highest BCUT2D eigenvalue weighted by molar-refractivity contribution is 7.98. The van der Waals surface area contributed by atoms with E-state index < -0.39 is 4.92 Å². The van der Waals surface area contributed by atoms with Crippen molar-refractivity contribution >= 4 is 28.4 Å². The van der Waals surface area contributed by atoms with Gasteiger partial charge < -0.3 is 0 Å². The molecule has 0 bridgehead atoms. The fourth-order valence-corrected chi connectivity index (χ4v) is 1.84. The van der Waals surface area contributed by atoms with Gasteiger partial charge in [-0.05, 0) is 12.3 Å². The lowest BCUT2D eigenvalue weighted by molar-refractivity contribution is -0.384. The summed E-state index contributed by atoms with van der Waals surface area (Å²) >= 11 is 1.49. The highest BCUT2D eigenvalue weighted by Gasteiger charge is 2.09. The third-order valence-corrected chi connectivity index (χ3v) is 2.70. The van der Waals surface area contributed by atoms with Crippen molar-refractivity contribution < 1.29 is 4.92 Å². The van der Waals surface area contributed by atoms with E-state index in [9.17, 15) is 10.1 Å². The number of thioether (sulfide) groups is 1. The molecule has 0 aliphatic heterocycles. The molecule has 0 aliphatic carbocycles. The lowest BCUT2D eigenvalue weighted by Gasteiger charge is -2.00. The molecule has 1 aromatic carbocycles. The first kappa shape index (κ1) is 9.85. The van der Waals surface area contributed by atoms with Crippen molar-refractivity contribution in [3.63, 3.8) is 0 Å². The van der Waals surface area contributed by atoms with Gasteiger partial charge in [0, 0.05) is 17.5 Å². The molecule has 5 nitrogen and oxygen atoms in total. The van der Waals surface area contributed by atoms with E-state index in [2.05, 4.69) is 9.97 Å². The Morgan fingerprint density at radius 1 is 1.40 bits per heavy atom. The molecule has 0 N–H and O–H groups in total. The van der Waals surface area contributed by atoms with Crippen LogP contribution in [0.4, 0.5) is 5.69 Å². The number of hydrogen-bond donors (Lipinski definition) is 0. The standard InChI is InChI=1S/C9H7N3O2S/c1-15-9-7-3-2-6(12(13)14)4-8(7)10-5-11-9/h2-5H,1H3. The number of nitrogens with zero attached hydrogens (tertiary/aromatic N) is 3. The van der Waals surface area contributed by atoms with E-state index in [1.54, 1.807) is 6.07 Å². The number of hydrogen-bond acceptors (Lipinski definition) is 5. The second-order valence-electron chi connectivity index (χ2n) is 2.84. The highest BCUT2D eigenvalue weighted by atomic mass is 32.2. The predicted molar refractivity (Wildman–Crippen MR) is 58.0 cm³/mol. The van der Waals surface area contributed by atoms with E-state index in [1.807, 2.05) is 6.26 Å². The monoisotopic (exact) mass is 221 g/mol. The SMILES string of the molecule is CSc1ncnc2cc([N+](=O)[O-])ccc12. The van der Waals surface area contributed by atoms with E-state index in [0.717, 1.165) is 10.4 Å². The molecule has 0 atom stereocenters. The highest BCUT2D eigenvalue weighted by Crippen LogP contribution is 2.25. The van der Waals surface area contributed by atoms with E-state index in [1.165, 1.54) is 30.2 Å². The zero-order chi connectivity index (χ0) is 10.8. The lowest BCUT2D eigenvalue weighted by atomic mass is 10.2. The molecule has 0 amide bonds. The molecule has 0 aliphatic rings. The molecule has 15 heavy (non-hydrogen) atoms. The Kier molecular flexibility index (Phi) is 2.51. The van der Waals surface area contributed by atoms with Crippen molar-refractivity contribution in [2.45, 2.75) is 5.03 Å². The number of rotatable bonds is 2. The van der Waals surface area contributed by atoms with Crippen LogP contribution in [0.2, 0.25) is 0 Å². The van der Waals surface area contributed by atoms with Gasteiger partial charge in [0.15, 0.2) is 0 Å². The number of fused-ring (bicyclic) bond motifs is 1. The van der Waals surface area contributed by atoms with Gasteiger partial charge in [-0.25, -0.2) is 9.97 Å². The van der Waals surface area contributed by atoms with Crippen molar-refractivity contribution in [2.75, 3.05) is 6.26 Å². The molecule has 0 spiro atoms. The smallest absolute Gasteiger partial charge is 0.258 e. The minimum absolute atomic E-state index is 0.0493. The Balaban J connectivity index is 2.69. The fraction of sp³-hybridized carbons (Fsp3) is 0.111. The van der Waals surface area contributed by atoms with Crippen molar-refractivity contribution in [1.29, 1.82) is 0 Å². The number of non-ortho nitro benzene ring substituents is 1. The van der Waals surface area contributed by atoms with Gasteiger partial charge in [0.2, 0.25) is 0 Å². The molecule has 76 valence electrons. The van der Waals surface area contributed by atoms with E-state index >= 15 is 0 Å². The second-order valence-corrected chi connectivity index (χ2v) is 3.64. The summed E-state index contributed by atoms with van der Waals surface area (Å²) in [6, 6.07) is 4.60. The maximum atomic E-state index is 10.6. The Morgan fingerprint density at radius 2 is 2.20 bits per heavy atom. The summed E-state index contributed by atoms with van der Waals surface area (Å²) in [5.74, 6) is 0. The number of benzene rings is 1. The van der Waals surface area contributed by atoms with Crippen LogP contribution in [0.15, 0.2) is 29.6 Å². The lowest BCUT2D eigenvalue weighted by Crippen LogP contribution is -1.90. The van der Waals surface area contributed by atoms with Gasteiger partial charge in [-0.15, -0.1) is 11.8 Å². The van der Waals surface area contributed by atoms with Crippen molar-refractivity contribution in [3.8, 4) is 0 Å². The molecule has 0 radical (unpaired) electrons. The summed E-state index contributed by atoms with van der Waals surface area (Å²) in [6.45, 7) is 0. The Hall–Kier alpha value is -1.69. The first-order valence-corrected chi connectivity index (χ1v) is 5.38. The van der Waals surface area contributed by atoms with Crippen LogP contribution in [0, 0.1) is 10.1 Å². The molecule has 2 rings (SSSR count). The van der Waals surface area contributed by atoms with Gasteiger partial charge in [-0.1, -0.05) is 0 Å². The molecular weight excluding hydrogens is 214 g/mol. The zero-order valence-electron chi connectivity index (χ0n) is 7.88. The first-order chi connectivity index (χ1) is 7.22. The molecule has 1 aromatic heterocycles. The maximum absolute atomic E-state index is 10.6. The van der Waals surface area contributed by atoms with Gasteiger partial charge in [0.25, 0.3) is 5.69 Å². The van der Waals surface area contributed by atoms with Crippen LogP contribution in [0.5, 0.6) is 0 Å². The second kappa shape index (κ2) is 3.82. The molecular formula is C9H7N3O2S. The Morgan fingerprint density at radius 3 is 2.87 bits per heavy atom. The van der Waals surface area contributed by atoms with Crippen molar-refractivity contribution in [3.05, 3.63) is 34.6 Å². The molecule has 6 heteroatoms. The third kappa shape index (κ3) is 1.75. The first-order valence-electron chi connectivity index (χ1n) is 4.15. The molecule has 0 unspecified atom stereocenters. The summed E-state index contributed by atoms with van der Waals surface area (Å²) in [4.78, 5) is 18.2. The van der Waals surface area contributed by atoms with Crippen LogP contribution in [-0.2, 0) is 0 Å². The van der Waals surface area contributed by atoms with Crippen LogP contribution >= 0.6 is 11.8 Å². The molecule has 2 aromatic rings. The zero-order valence-corrected chi connectivity index (χ0v) is 8.69. The minimum Gasteiger partial charge on any atom is -0.258 e. The molecule has 0 saturated heterocycles. The number of nitro benzene ring substituents is 1. The van der Waals surface area contributed by atoms with Crippen molar-refractivity contribution in [1.82, 2.24) is 9.97 Å². The summed E-state index contributed by atoms with van der Waals surface area (Å²) in [6.07, 6.45) is 3.32.